The monoisotopic (exact) mass is 440 g/mol. The number of aromatic amines is 1. The number of alkyl halides is 3. The summed E-state index contributed by atoms with van der Waals surface area (Å²) in [4.78, 5) is 24.2. The van der Waals surface area contributed by atoms with Crippen LogP contribution in [0.15, 0.2) is 28.8 Å². The van der Waals surface area contributed by atoms with Gasteiger partial charge in [-0.1, -0.05) is 0 Å². The van der Waals surface area contributed by atoms with Crippen LogP contribution < -0.4 is 15.8 Å². The SMILES string of the molecule is Cc1oc2ccc(OCc3cn[nH]c3C(F)(F)F)cc2c1C(=O)N[C@H](C(N)=O)[C@@H](C)O. The second-order valence-corrected chi connectivity index (χ2v) is 6.84. The molecule has 0 bridgehead atoms. The number of nitrogens with zero attached hydrogens (tertiary/aromatic N) is 1. The van der Waals surface area contributed by atoms with E-state index in [1.54, 1.807) is 0 Å². The third-order valence-corrected chi connectivity index (χ3v) is 4.53. The lowest BCUT2D eigenvalue weighted by Gasteiger charge is -2.17. The van der Waals surface area contributed by atoms with E-state index in [2.05, 4.69) is 10.4 Å². The number of primary amides is 1. The molecule has 0 saturated carbocycles. The number of rotatable bonds is 7. The van der Waals surface area contributed by atoms with Crippen LogP contribution >= 0.6 is 0 Å². The average molecular weight is 440 g/mol. The van der Waals surface area contributed by atoms with Crippen molar-refractivity contribution in [1.82, 2.24) is 15.5 Å². The molecule has 2 heterocycles. The number of aryl methyl sites for hydroxylation is 1. The predicted octanol–water partition coefficient (Wildman–Crippen LogP) is 2.03. The van der Waals surface area contributed by atoms with Gasteiger partial charge in [0.1, 0.15) is 35.4 Å². The Balaban J connectivity index is 1.86. The number of aliphatic hydroxyl groups is 1. The van der Waals surface area contributed by atoms with Crippen LogP contribution in [0, 0.1) is 6.92 Å². The lowest BCUT2D eigenvalue weighted by molar-refractivity contribution is -0.142. The molecule has 9 nitrogen and oxygen atoms in total. The number of hydrogen-bond donors (Lipinski definition) is 4. The van der Waals surface area contributed by atoms with Crippen molar-refractivity contribution in [3.63, 3.8) is 0 Å². The minimum absolute atomic E-state index is 0.0756. The molecule has 31 heavy (non-hydrogen) atoms. The molecule has 0 unspecified atom stereocenters. The molecule has 12 heteroatoms. The van der Waals surface area contributed by atoms with E-state index in [0.29, 0.717) is 11.0 Å². The number of hydrogen-bond acceptors (Lipinski definition) is 6. The number of nitrogens with two attached hydrogens (primary N) is 1. The van der Waals surface area contributed by atoms with Crippen molar-refractivity contribution in [1.29, 1.82) is 0 Å². The molecule has 1 aromatic carbocycles. The van der Waals surface area contributed by atoms with Gasteiger partial charge < -0.3 is 25.3 Å². The van der Waals surface area contributed by atoms with Gasteiger partial charge in [0.05, 0.1) is 17.9 Å². The van der Waals surface area contributed by atoms with Gasteiger partial charge in [-0.15, -0.1) is 0 Å². The second kappa shape index (κ2) is 8.30. The molecule has 0 radical (unpaired) electrons. The van der Waals surface area contributed by atoms with E-state index in [9.17, 15) is 27.9 Å². The zero-order chi connectivity index (χ0) is 22.9. The third-order valence-electron chi connectivity index (χ3n) is 4.53. The summed E-state index contributed by atoms with van der Waals surface area (Å²) >= 11 is 0. The second-order valence-electron chi connectivity index (χ2n) is 6.84. The van der Waals surface area contributed by atoms with Crippen LogP contribution in [0.5, 0.6) is 5.75 Å². The van der Waals surface area contributed by atoms with Crippen LogP contribution in [0.2, 0.25) is 0 Å². The number of furan rings is 1. The molecule has 2 aromatic heterocycles. The van der Waals surface area contributed by atoms with Crippen molar-refractivity contribution in [2.24, 2.45) is 5.73 Å². The summed E-state index contributed by atoms with van der Waals surface area (Å²) in [6.07, 6.45) is -4.81. The molecular weight excluding hydrogens is 421 g/mol. The highest BCUT2D eigenvalue weighted by atomic mass is 19.4. The lowest BCUT2D eigenvalue weighted by atomic mass is 10.1. The molecular formula is C19H19F3N4O5. The van der Waals surface area contributed by atoms with Crippen molar-refractivity contribution >= 4 is 22.8 Å². The summed E-state index contributed by atoms with van der Waals surface area (Å²) in [7, 11) is 0. The van der Waals surface area contributed by atoms with Gasteiger partial charge in [-0.05, 0) is 32.0 Å². The minimum atomic E-state index is -4.60. The van der Waals surface area contributed by atoms with Crippen LogP contribution in [-0.2, 0) is 17.6 Å². The number of H-pyrrole nitrogens is 1. The van der Waals surface area contributed by atoms with Crippen LogP contribution in [0.1, 0.15) is 34.3 Å². The Morgan fingerprint density at radius 3 is 2.71 bits per heavy atom. The van der Waals surface area contributed by atoms with Crippen molar-refractivity contribution in [3.05, 3.63) is 47.0 Å². The first-order valence-electron chi connectivity index (χ1n) is 9.02. The Bertz CT molecular complexity index is 1120. The predicted molar refractivity (Wildman–Crippen MR) is 101 cm³/mol. The number of aromatic nitrogens is 2. The first-order chi connectivity index (χ1) is 14.5. The molecule has 0 saturated heterocycles. The minimum Gasteiger partial charge on any atom is -0.489 e. The largest absolute Gasteiger partial charge is 0.489 e. The van der Waals surface area contributed by atoms with Crippen LogP contribution in [-0.4, -0.2) is 39.3 Å². The highest BCUT2D eigenvalue weighted by molar-refractivity contribution is 6.08. The quantitative estimate of drug-likeness (QED) is 0.443. The van der Waals surface area contributed by atoms with E-state index in [1.165, 1.54) is 32.0 Å². The Labute approximate surface area is 173 Å². The van der Waals surface area contributed by atoms with Gasteiger partial charge >= 0.3 is 6.18 Å². The summed E-state index contributed by atoms with van der Waals surface area (Å²) in [6, 6.07) is 3.07. The number of halogens is 3. The van der Waals surface area contributed by atoms with Gasteiger partial charge in [-0.25, -0.2) is 0 Å². The molecule has 166 valence electrons. The fourth-order valence-electron chi connectivity index (χ4n) is 3.04. The van der Waals surface area contributed by atoms with Gasteiger partial charge in [0.15, 0.2) is 0 Å². The number of fused-ring (bicyclic) bond motifs is 1. The number of amides is 2. The number of aliphatic hydroxyl groups excluding tert-OH is 1. The lowest BCUT2D eigenvalue weighted by Crippen LogP contribution is -2.50. The summed E-state index contributed by atoms with van der Waals surface area (Å²) < 4.78 is 49.8. The Morgan fingerprint density at radius 2 is 2.10 bits per heavy atom. The number of carbonyl (C=O) groups is 2. The van der Waals surface area contributed by atoms with Crippen molar-refractivity contribution in [2.45, 2.75) is 38.8 Å². The van der Waals surface area contributed by atoms with Crippen molar-refractivity contribution < 1.29 is 37.0 Å². The highest BCUT2D eigenvalue weighted by Crippen LogP contribution is 2.32. The molecule has 2 atom stereocenters. The topological polar surface area (TPSA) is 143 Å². The van der Waals surface area contributed by atoms with Gasteiger partial charge in [0, 0.05) is 10.9 Å². The maximum atomic E-state index is 12.9. The summed E-state index contributed by atoms with van der Waals surface area (Å²) in [5.41, 5.74) is 4.40. The van der Waals surface area contributed by atoms with E-state index in [-0.39, 0.29) is 22.6 Å². The first-order valence-corrected chi connectivity index (χ1v) is 9.02. The maximum absolute atomic E-state index is 12.9. The first kappa shape index (κ1) is 22.2. The zero-order valence-electron chi connectivity index (χ0n) is 16.4. The number of ether oxygens (including phenoxy) is 1. The summed E-state index contributed by atoms with van der Waals surface area (Å²) in [6.45, 7) is 2.41. The molecule has 2 amide bonds. The zero-order valence-corrected chi connectivity index (χ0v) is 16.4. The fraction of sp³-hybridized carbons (Fsp3) is 0.316. The normalized spacial score (nSPS) is 13.7. The highest BCUT2D eigenvalue weighted by Gasteiger charge is 2.35. The molecule has 3 rings (SSSR count). The van der Waals surface area contributed by atoms with E-state index in [1.807, 2.05) is 5.10 Å². The number of carbonyl (C=O) groups excluding carboxylic acids is 2. The molecule has 0 fully saturated rings. The third kappa shape index (κ3) is 4.63. The average Bonchev–Trinajstić information content (AvgIpc) is 3.26. The standard InChI is InChI=1S/C19H19F3N4O5/c1-8(27)15(17(23)28)25-18(29)14-9(2)31-13-4-3-11(5-12(13)14)30-7-10-6-24-26-16(10)19(20,21)22/h3-6,8,15,27H,7H2,1-2H3,(H2,23,28)(H,24,26)(H,25,29)/t8-,15+/m1/s1. The van der Waals surface area contributed by atoms with Gasteiger partial charge in [0.2, 0.25) is 5.91 Å². The fourth-order valence-corrected chi connectivity index (χ4v) is 3.04. The van der Waals surface area contributed by atoms with E-state index >= 15 is 0 Å². The molecule has 3 aromatic rings. The Kier molecular flexibility index (Phi) is 5.93. The van der Waals surface area contributed by atoms with E-state index in [4.69, 9.17) is 14.9 Å². The maximum Gasteiger partial charge on any atom is 0.433 e. The smallest absolute Gasteiger partial charge is 0.433 e. The van der Waals surface area contributed by atoms with Crippen LogP contribution in [0.3, 0.4) is 0 Å². The van der Waals surface area contributed by atoms with Crippen LogP contribution in [0.25, 0.3) is 11.0 Å². The summed E-state index contributed by atoms with van der Waals surface area (Å²) in [5, 5.41) is 17.6. The van der Waals surface area contributed by atoms with Gasteiger partial charge in [-0.3, -0.25) is 14.7 Å². The van der Waals surface area contributed by atoms with Crippen molar-refractivity contribution in [2.75, 3.05) is 0 Å². The number of nitrogens with one attached hydrogen (secondary N) is 2. The van der Waals surface area contributed by atoms with E-state index < -0.39 is 42.4 Å². The molecule has 0 aliphatic rings. The van der Waals surface area contributed by atoms with Gasteiger partial charge in [0.25, 0.3) is 5.91 Å². The van der Waals surface area contributed by atoms with Crippen LogP contribution in [0.4, 0.5) is 13.2 Å². The summed E-state index contributed by atoms with van der Waals surface area (Å²) in [5.74, 6) is -1.22. The number of benzene rings is 1. The van der Waals surface area contributed by atoms with Gasteiger partial charge in [-0.2, -0.15) is 18.3 Å². The van der Waals surface area contributed by atoms with Crippen molar-refractivity contribution in [3.8, 4) is 5.75 Å². The van der Waals surface area contributed by atoms with E-state index in [0.717, 1.165) is 6.20 Å². The molecule has 0 spiro atoms. The molecule has 0 aliphatic carbocycles. The Hall–Kier alpha value is -3.54. The Morgan fingerprint density at radius 1 is 1.39 bits per heavy atom. The molecule has 5 N–H and O–H groups in total. The molecule has 0 aliphatic heterocycles.